The SMILES string of the molecule is COC(=O)C[C@H](O)C[C@H](O)/C=C/C(=C\c1ccccc1)c1ccccc1. The first-order valence-electron chi connectivity index (χ1n) is 8.52. The number of benzene rings is 2. The number of hydrogen-bond acceptors (Lipinski definition) is 4. The van der Waals surface area contributed by atoms with Crippen LogP contribution in [-0.2, 0) is 9.53 Å². The first kappa shape index (κ1) is 19.6. The summed E-state index contributed by atoms with van der Waals surface area (Å²) in [6.07, 6.45) is 3.62. The third-order valence-corrected chi connectivity index (χ3v) is 3.87. The number of esters is 1. The standard InChI is InChI=1S/C22H24O4/c1-26-22(25)16-21(24)15-20(23)13-12-19(18-10-6-3-7-11-18)14-17-8-4-2-5-9-17/h2-14,20-21,23-24H,15-16H2,1H3/b13-12+,19-14+/t20-,21-/m1/s1. The van der Waals surface area contributed by atoms with E-state index in [0.717, 1.165) is 16.7 Å². The normalized spacial score (nSPS) is 14.2. The van der Waals surface area contributed by atoms with Crippen LogP contribution in [0.15, 0.2) is 72.8 Å². The van der Waals surface area contributed by atoms with Crippen LogP contribution >= 0.6 is 0 Å². The smallest absolute Gasteiger partial charge is 0.308 e. The van der Waals surface area contributed by atoms with Gasteiger partial charge in [0.05, 0.1) is 25.7 Å². The van der Waals surface area contributed by atoms with Crippen LogP contribution < -0.4 is 0 Å². The Morgan fingerprint density at radius 2 is 1.65 bits per heavy atom. The molecule has 0 saturated carbocycles. The Labute approximate surface area is 154 Å². The van der Waals surface area contributed by atoms with Crippen LogP contribution in [0.25, 0.3) is 11.6 Å². The zero-order chi connectivity index (χ0) is 18.8. The Bertz CT molecular complexity index is 735. The van der Waals surface area contributed by atoms with E-state index in [1.807, 2.05) is 72.8 Å². The van der Waals surface area contributed by atoms with Gasteiger partial charge in [0.1, 0.15) is 0 Å². The molecule has 2 N–H and O–H groups in total. The largest absolute Gasteiger partial charge is 0.469 e. The molecule has 0 aliphatic heterocycles. The topological polar surface area (TPSA) is 66.8 Å². The average Bonchev–Trinajstić information content (AvgIpc) is 2.66. The molecule has 0 amide bonds. The van der Waals surface area contributed by atoms with Crippen molar-refractivity contribution in [2.24, 2.45) is 0 Å². The number of ether oxygens (including phenoxy) is 1. The van der Waals surface area contributed by atoms with E-state index < -0.39 is 18.2 Å². The molecule has 0 unspecified atom stereocenters. The Kier molecular flexibility index (Phi) is 7.80. The van der Waals surface area contributed by atoms with E-state index in [4.69, 9.17) is 0 Å². The molecule has 2 aromatic carbocycles. The fraction of sp³-hybridized carbons (Fsp3) is 0.227. The number of methoxy groups -OCH3 is 1. The van der Waals surface area contributed by atoms with E-state index in [-0.39, 0.29) is 12.8 Å². The molecule has 2 atom stereocenters. The summed E-state index contributed by atoms with van der Waals surface area (Å²) in [5.41, 5.74) is 3.02. The molecule has 0 aliphatic carbocycles. The predicted molar refractivity (Wildman–Crippen MR) is 103 cm³/mol. The molecule has 0 aromatic heterocycles. The van der Waals surface area contributed by atoms with Gasteiger partial charge in [0, 0.05) is 6.42 Å². The van der Waals surface area contributed by atoms with Crippen molar-refractivity contribution in [3.05, 3.63) is 83.9 Å². The minimum absolute atomic E-state index is 0.0685. The Morgan fingerprint density at radius 1 is 1.04 bits per heavy atom. The van der Waals surface area contributed by atoms with Crippen LogP contribution in [0.5, 0.6) is 0 Å². The first-order valence-corrected chi connectivity index (χ1v) is 8.52. The van der Waals surface area contributed by atoms with Crippen LogP contribution in [0.2, 0.25) is 0 Å². The number of aliphatic hydroxyl groups excluding tert-OH is 2. The Hall–Kier alpha value is -2.69. The minimum Gasteiger partial charge on any atom is -0.469 e. The van der Waals surface area contributed by atoms with E-state index in [9.17, 15) is 15.0 Å². The van der Waals surface area contributed by atoms with Crippen LogP contribution in [0, 0.1) is 0 Å². The van der Waals surface area contributed by atoms with Crippen molar-refractivity contribution in [1.82, 2.24) is 0 Å². The highest BCUT2D eigenvalue weighted by atomic mass is 16.5. The molecule has 0 aliphatic rings. The third-order valence-electron chi connectivity index (χ3n) is 3.87. The second-order valence-electron chi connectivity index (χ2n) is 5.97. The molecule has 26 heavy (non-hydrogen) atoms. The van der Waals surface area contributed by atoms with Crippen molar-refractivity contribution < 1.29 is 19.7 Å². The first-order chi connectivity index (χ1) is 12.6. The zero-order valence-corrected chi connectivity index (χ0v) is 14.8. The van der Waals surface area contributed by atoms with Crippen molar-refractivity contribution >= 4 is 17.6 Å². The maximum Gasteiger partial charge on any atom is 0.308 e. The van der Waals surface area contributed by atoms with Crippen LogP contribution in [-0.4, -0.2) is 35.5 Å². The fourth-order valence-electron chi connectivity index (χ4n) is 2.52. The number of allylic oxidation sites excluding steroid dienone is 2. The molecular weight excluding hydrogens is 328 g/mol. The number of hydrogen-bond donors (Lipinski definition) is 2. The lowest BCUT2D eigenvalue weighted by molar-refractivity contribution is -0.143. The summed E-state index contributed by atoms with van der Waals surface area (Å²) in [7, 11) is 1.27. The zero-order valence-electron chi connectivity index (χ0n) is 14.8. The number of carbonyl (C=O) groups is 1. The molecule has 4 nitrogen and oxygen atoms in total. The summed E-state index contributed by atoms with van der Waals surface area (Å²) in [6.45, 7) is 0. The van der Waals surface area contributed by atoms with E-state index in [0.29, 0.717) is 0 Å². The molecule has 4 heteroatoms. The second-order valence-corrected chi connectivity index (χ2v) is 5.97. The van der Waals surface area contributed by atoms with Gasteiger partial charge in [0.15, 0.2) is 0 Å². The lowest BCUT2D eigenvalue weighted by Gasteiger charge is -2.12. The third kappa shape index (κ3) is 6.67. The van der Waals surface area contributed by atoms with Gasteiger partial charge in [-0.2, -0.15) is 0 Å². The van der Waals surface area contributed by atoms with Gasteiger partial charge >= 0.3 is 5.97 Å². The highest BCUT2D eigenvalue weighted by Gasteiger charge is 2.14. The number of carbonyl (C=O) groups excluding carboxylic acids is 1. The van der Waals surface area contributed by atoms with Crippen molar-refractivity contribution in [3.8, 4) is 0 Å². The van der Waals surface area contributed by atoms with Gasteiger partial charge in [0.25, 0.3) is 0 Å². The van der Waals surface area contributed by atoms with E-state index in [1.54, 1.807) is 6.08 Å². The number of aliphatic hydroxyl groups is 2. The maximum atomic E-state index is 11.2. The van der Waals surface area contributed by atoms with Crippen molar-refractivity contribution in [2.45, 2.75) is 25.0 Å². The lowest BCUT2D eigenvalue weighted by atomic mass is 10.0. The molecule has 0 bridgehead atoms. The molecule has 2 aromatic rings. The van der Waals surface area contributed by atoms with Crippen molar-refractivity contribution in [3.63, 3.8) is 0 Å². The fourth-order valence-corrected chi connectivity index (χ4v) is 2.52. The summed E-state index contributed by atoms with van der Waals surface area (Å²) < 4.78 is 4.52. The van der Waals surface area contributed by atoms with Gasteiger partial charge in [-0.3, -0.25) is 4.79 Å². The summed E-state index contributed by atoms with van der Waals surface area (Å²) in [5, 5.41) is 20.0. The molecule has 0 heterocycles. The molecule has 0 radical (unpaired) electrons. The van der Waals surface area contributed by atoms with Gasteiger partial charge in [-0.1, -0.05) is 72.8 Å². The maximum absolute atomic E-state index is 11.2. The van der Waals surface area contributed by atoms with Crippen molar-refractivity contribution in [1.29, 1.82) is 0 Å². The summed E-state index contributed by atoms with van der Waals surface area (Å²) >= 11 is 0. The highest BCUT2D eigenvalue weighted by Crippen LogP contribution is 2.20. The molecule has 0 spiro atoms. The molecule has 136 valence electrons. The second kappa shape index (κ2) is 10.3. The van der Waals surface area contributed by atoms with Gasteiger partial charge < -0.3 is 14.9 Å². The molecular formula is C22H24O4. The molecule has 0 saturated heterocycles. The average molecular weight is 352 g/mol. The van der Waals surface area contributed by atoms with Crippen LogP contribution in [0.1, 0.15) is 24.0 Å². The molecule has 0 fully saturated rings. The highest BCUT2D eigenvalue weighted by molar-refractivity contribution is 5.87. The van der Waals surface area contributed by atoms with Gasteiger partial charge in [0.2, 0.25) is 0 Å². The lowest BCUT2D eigenvalue weighted by Crippen LogP contribution is -2.20. The predicted octanol–water partition coefficient (Wildman–Crippen LogP) is 3.46. The van der Waals surface area contributed by atoms with E-state index in [2.05, 4.69) is 4.74 Å². The molecule has 2 rings (SSSR count). The van der Waals surface area contributed by atoms with E-state index in [1.165, 1.54) is 7.11 Å². The van der Waals surface area contributed by atoms with Crippen molar-refractivity contribution in [2.75, 3.05) is 7.11 Å². The van der Waals surface area contributed by atoms with Crippen LogP contribution in [0.4, 0.5) is 0 Å². The number of rotatable bonds is 8. The summed E-state index contributed by atoms with van der Waals surface area (Å²) in [6, 6.07) is 19.8. The monoisotopic (exact) mass is 352 g/mol. The summed E-state index contributed by atoms with van der Waals surface area (Å²) in [4.78, 5) is 11.2. The Balaban J connectivity index is 2.12. The summed E-state index contributed by atoms with van der Waals surface area (Å²) in [5.74, 6) is -0.498. The quantitative estimate of drug-likeness (QED) is 0.434. The van der Waals surface area contributed by atoms with E-state index >= 15 is 0 Å². The minimum atomic E-state index is -0.944. The van der Waals surface area contributed by atoms with Crippen LogP contribution in [0.3, 0.4) is 0 Å². The van der Waals surface area contributed by atoms with Gasteiger partial charge in [-0.15, -0.1) is 0 Å². The van der Waals surface area contributed by atoms with Gasteiger partial charge in [-0.05, 0) is 22.8 Å². The Morgan fingerprint density at radius 3 is 2.27 bits per heavy atom. The van der Waals surface area contributed by atoms with Gasteiger partial charge in [-0.25, -0.2) is 0 Å².